The Hall–Kier alpha value is -1.10. The predicted molar refractivity (Wildman–Crippen MR) is 80.8 cm³/mol. The molecular weight excluding hydrogens is 266 g/mol. The van der Waals surface area contributed by atoms with Crippen LogP contribution >= 0.6 is 0 Å². The SMILES string of the molecule is O=C(CN1CCCN(C(=O)C2CCC2)CC1)N1CCCC1. The first-order valence-electron chi connectivity index (χ1n) is 8.53. The molecule has 3 rings (SSSR count). The second-order valence-electron chi connectivity index (χ2n) is 6.67. The van der Waals surface area contributed by atoms with E-state index in [-0.39, 0.29) is 5.91 Å². The number of carbonyl (C=O) groups is 2. The molecule has 3 aliphatic rings. The zero-order valence-electron chi connectivity index (χ0n) is 12.9. The van der Waals surface area contributed by atoms with Crippen molar-refractivity contribution >= 4 is 11.8 Å². The molecule has 0 radical (unpaired) electrons. The maximum Gasteiger partial charge on any atom is 0.236 e. The van der Waals surface area contributed by atoms with E-state index in [9.17, 15) is 9.59 Å². The molecule has 0 bridgehead atoms. The number of rotatable bonds is 3. The lowest BCUT2D eigenvalue weighted by molar-refractivity contribution is -0.138. The lowest BCUT2D eigenvalue weighted by Gasteiger charge is -2.31. The van der Waals surface area contributed by atoms with Crippen LogP contribution in [-0.2, 0) is 9.59 Å². The van der Waals surface area contributed by atoms with Crippen LogP contribution in [-0.4, -0.2) is 72.3 Å². The first kappa shape index (κ1) is 14.8. The van der Waals surface area contributed by atoms with Crippen molar-refractivity contribution in [2.45, 2.75) is 38.5 Å². The molecular formula is C16H27N3O2. The Morgan fingerprint density at radius 3 is 2.14 bits per heavy atom. The third-order valence-electron chi connectivity index (χ3n) is 5.17. The van der Waals surface area contributed by atoms with Crippen LogP contribution in [0.25, 0.3) is 0 Å². The molecule has 2 amide bonds. The summed E-state index contributed by atoms with van der Waals surface area (Å²) in [5.41, 5.74) is 0. The van der Waals surface area contributed by atoms with E-state index >= 15 is 0 Å². The summed E-state index contributed by atoms with van der Waals surface area (Å²) in [7, 11) is 0. The van der Waals surface area contributed by atoms with Crippen LogP contribution in [0.1, 0.15) is 38.5 Å². The molecule has 1 aliphatic carbocycles. The molecule has 118 valence electrons. The largest absolute Gasteiger partial charge is 0.342 e. The van der Waals surface area contributed by atoms with Gasteiger partial charge in [-0.3, -0.25) is 14.5 Å². The summed E-state index contributed by atoms with van der Waals surface area (Å²) >= 11 is 0. The van der Waals surface area contributed by atoms with Crippen molar-refractivity contribution in [1.82, 2.24) is 14.7 Å². The zero-order chi connectivity index (χ0) is 14.7. The molecule has 2 aliphatic heterocycles. The van der Waals surface area contributed by atoms with Crippen LogP contribution in [0.3, 0.4) is 0 Å². The first-order valence-corrected chi connectivity index (χ1v) is 8.53. The Labute approximate surface area is 127 Å². The summed E-state index contributed by atoms with van der Waals surface area (Å²) in [6.45, 7) is 5.84. The highest BCUT2D eigenvalue weighted by atomic mass is 16.2. The van der Waals surface area contributed by atoms with Gasteiger partial charge in [-0.1, -0.05) is 6.42 Å². The number of amides is 2. The summed E-state index contributed by atoms with van der Waals surface area (Å²) in [5, 5.41) is 0. The van der Waals surface area contributed by atoms with E-state index in [2.05, 4.69) is 4.90 Å². The minimum atomic E-state index is 0.270. The van der Waals surface area contributed by atoms with Crippen molar-refractivity contribution in [3.8, 4) is 0 Å². The highest BCUT2D eigenvalue weighted by Crippen LogP contribution is 2.28. The molecule has 1 saturated carbocycles. The Balaban J connectivity index is 1.46. The topological polar surface area (TPSA) is 43.9 Å². The smallest absolute Gasteiger partial charge is 0.236 e. The third-order valence-corrected chi connectivity index (χ3v) is 5.17. The van der Waals surface area contributed by atoms with Crippen molar-refractivity contribution in [2.75, 3.05) is 45.8 Å². The Kier molecular flexibility index (Phi) is 4.78. The van der Waals surface area contributed by atoms with Crippen LogP contribution in [0.15, 0.2) is 0 Å². The predicted octanol–water partition coefficient (Wildman–Crippen LogP) is 0.943. The van der Waals surface area contributed by atoms with Gasteiger partial charge in [-0.2, -0.15) is 0 Å². The van der Waals surface area contributed by atoms with Crippen LogP contribution in [0.2, 0.25) is 0 Å². The molecule has 3 fully saturated rings. The quantitative estimate of drug-likeness (QED) is 0.778. The van der Waals surface area contributed by atoms with Gasteiger partial charge in [0.05, 0.1) is 6.54 Å². The van der Waals surface area contributed by atoms with Gasteiger partial charge in [0.1, 0.15) is 0 Å². The average molecular weight is 293 g/mol. The van der Waals surface area contributed by atoms with E-state index in [1.165, 1.54) is 6.42 Å². The third kappa shape index (κ3) is 3.57. The summed E-state index contributed by atoms with van der Waals surface area (Å²) in [6, 6.07) is 0. The van der Waals surface area contributed by atoms with E-state index in [1.807, 2.05) is 9.80 Å². The monoisotopic (exact) mass is 293 g/mol. The molecule has 0 aromatic heterocycles. The standard InChI is InChI=1S/C16H27N3O2/c20-15(18-8-1-2-9-18)13-17-7-4-10-19(12-11-17)16(21)14-5-3-6-14/h14H,1-13H2. The van der Waals surface area contributed by atoms with Gasteiger partial charge in [-0.25, -0.2) is 0 Å². The van der Waals surface area contributed by atoms with Gasteiger partial charge < -0.3 is 9.80 Å². The van der Waals surface area contributed by atoms with Crippen molar-refractivity contribution in [2.24, 2.45) is 5.92 Å². The summed E-state index contributed by atoms with van der Waals surface area (Å²) in [5.74, 6) is 0.919. The van der Waals surface area contributed by atoms with E-state index < -0.39 is 0 Å². The molecule has 0 aromatic carbocycles. The van der Waals surface area contributed by atoms with Gasteiger partial charge in [-0.05, 0) is 32.1 Å². The van der Waals surface area contributed by atoms with E-state index in [1.54, 1.807) is 0 Å². The molecule has 0 N–H and O–H groups in total. The molecule has 2 heterocycles. The van der Waals surface area contributed by atoms with E-state index in [4.69, 9.17) is 0 Å². The second-order valence-corrected chi connectivity index (χ2v) is 6.67. The highest BCUT2D eigenvalue weighted by molar-refractivity contribution is 5.80. The van der Waals surface area contributed by atoms with Crippen molar-refractivity contribution < 1.29 is 9.59 Å². The summed E-state index contributed by atoms with van der Waals surface area (Å²) in [6.07, 6.45) is 6.65. The summed E-state index contributed by atoms with van der Waals surface area (Å²) < 4.78 is 0. The fourth-order valence-electron chi connectivity index (χ4n) is 3.52. The molecule has 5 nitrogen and oxygen atoms in total. The fraction of sp³-hybridized carbons (Fsp3) is 0.875. The zero-order valence-corrected chi connectivity index (χ0v) is 12.9. The molecule has 5 heteroatoms. The number of hydrogen-bond donors (Lipinski definition) is 0. The van der Waals surface area contributed by atoms with Gasteiger partial charge in [0, 0.05) is 45.2 Å². The van der Waals surface area contributed by atoms with Crippen LogP contribution in [0.5, 0.6) is 0 Å². The lowest BCUT2D eigenvalue weighted by atomic mass is 9.84. The summed E-state index contributed by atoms with van der Waals surface area (Å²) in [4.78, 5) is 30.8. The number of hydrogen-bond acceptors (Lipinski definition) is 3. The average Bonchev–Trinajstić information content (AvgIpc) is 2.85. The molecule has 0 unspecified atom stereocenters. The number of likely N-dealkylation sites (tertiary alicyclic amines) is 1. The van der Waals surface area contributed by atoms with Gasteiger partial charge in [0.2, 0.25) is 11.8 Å². The minimum absolute atomic E-state index is 0.270. The molecule has 0 aromatic rings. The number of carbonyl (C=O) groups excluding carboxylic acids is 2. The Bertz CT molecular complexity index is 389. The van der Waals surface area contributed by atoms with E-state index in [0.29, 0.717) is 18.4 Å². The molecule has 0 atom stereocenters. The van der Waals surface area contributed by atoms with Crippen LogP contribution < -0.4 is 0 Å². The van der Waals surface area contributed by atoms with Crippen molar-refractivity contribution in [3.05, 3.63) is 0 Å². The van der Waals surface area contributed by atoms with Gasteiger partial charge in [0.25, 0.3) is 0 Å². The Morgan fingerprint density at radius 1 is 0.762 bits per heavy atom. The normalized spacial score (nSPS) is 24.8. The molecule has 2 saturated heterocycles. The maximum atomic E-state index is 12.3. The van der Waals surface area contributed by atoms with Crippen molar-refractivity contribution in [3.63, 3.8) is 0 Å². The van der Waals surface area contributed by atoms with Crippen molar-refractivity contribution in [1.29, 1.82) is 0 Å². The molecule has 0 spiro atoms. The lowest BCUT2D eigenvalue weighted by Crippen LogP contribution is -2.42. The first-order chi connectivity index (χ1) is 10.2. The van der Waals surface area contributed by atoms with E-state index in [0.717, 1.165) is 71.4 Å². The van der Waals surface area contributed by atoms with Gasteiger partial charge >= 0.3 is 0 Å². The highest BCUT2D eigenvalue weighted by Gasteiger charge is 2.30. The fourth-order valence-corrected chi connectivity index (χ4v) is 3.52. The van der Waals surface area contributed by atoms with Crippen LogP contribution in [0, 0.1) is 5.92 Å². The van der Waals surface area contributed by atoms with Crippen LogP contribution in [0.4, 0.5) is 0 Å². The van der Waals surface area contributed by atoms with Gasteiger partial charge in [0.15, 0.2) is 0 Å². The second kappa shape index (κ2) is 6.77. The van der Waals surface area contributed by atoms with Gasteiger partial charge in [-0.15, -0.1) is 0 Å². The molecule has 21 heavy (non-hydrogen) atoms. The maximum absolute atomic E-state index is 12.3. The Morgan fingerprint density at radius 2 is 1.48 bits per heavy atom. The number of nitrogens with zero attached hydrogens (tertiary/aromatic N) is 3. The minimum Gasteiger partial charge on any atom is -0.342 e.